The van der Waals surface area contributed by atoms with Crippen molar-refractivity contribution in [3.63, 3.8) is 0 Å². The number of hydrogen-bond acceptors (Lipinski definition) is 17. The number of amides is 12. The second-order valence-corrected chi connectivity index (χ2v) is 26.2. The largest absolute Gasteiger partial charge is 0.481 e. The van der Waals surface area contributed by atoms with Crippen molar-refractivity contribution in [1.29, 1.82) is 0 Å². The van der Waals surface area contributed by atoms with Gasteiger partial charge in [0.1, 0.15) is 66.5 Å². The first-order valence-corrected chi connectivity index (χ1v) is 34.2. The highest BCUT2D eigenvalue weighted by Crippen LogP contribution is 2.21. The van der Waals surface area contributed by atoms with E-state index in [0.717, 1.165) is 0 Å². The van der Waals surface area contributed by atoms with Gasteiger partial charge in [0.15, 0.2) is 5.96 Å². The minimum absolute atomic E-state index is 0.0404. The van der Waals surface area contributed by atoms with Crippen molar-refractivity contribution >= 4 is 99.7 Å². The lowest BCUT2D eigenvalue weighted by Gasteiger charge is -2.29. The molecule has 0 aliphatic heterocycles. The molecule has 1 heterocycles. The summed E-state index contributed by atoms with van der Waals surface area (Å²) in [4.78, 5) is 197. The molecule has 34 heteroatoms. The summed E-state index contributed by atoms with van der Waals surface area (Å²) >= 11 is 0. The molecule has 12 amide bonds. The Labute approximate surface area is 593 Å². The van der Waals surface area contributed by atoms with E-state index >= 15 is 0 Å². The number of nitrogens with two attached hydrogens (primary N) is 5. The highest BCUT2D eigenvalue weighted by molar-refractivity contribution is 6.00. The number of unbranched alkanes of at least 4 members (excludes halogenated alkanes) is 1. The lowest BCUT2D eigenvalue weighted by atomic mass is 9.96. The fraction of sp³-hybridized carbons (Fsp3) is 0.574. The first-order valence-electron chi connectivity index (χ1n) is 34.2. The molecule has 0 saturated carbocycles. The molecule has 0 spiro atoms. The topological polar surface area (TPSA) is 570 Å². The van der Waals surface area contributed by atoms with Crippen LogP contribution < -0.4 is 87.2 Å². The van der Waals surface area contributed by atoms with E-state index in [4.69, 9.17) is 28.7 Å². The van der Waals surface area contributed by atoms with E-state index in [-0.39, 0.29) is 89.2 Å². The molecule has 0 aliphatic rings. The number of hydrogen-bond donors (Lipinski definition) is 19. The number of carbonyl (C=O) groups excluding carboxylic acids is 12. The first-order chi connectivity index (χ1) is 48.1. The number of nitrogens with one attached hydrogen (secondary N) is 12. The van der Waals surface area contributed by atoms with Gasteiger partial charge in [0.05, 0.1) is 6.04 Å². The molecule has 0 unspecified atom stereocenters. The molecular formula is C68H106N18O16. The fourth-order valence-corrected chi connectivity index (χ4v) is 10.6. The Hall–Kier alpha value is -10.2. The van der Waals surface area contributed by atoms with Gasteiger partial charge in [-0.15, -0.1) is 0 Å². The maximum absolute atomic E-state index is 14.7. The van der Waals surface area contributed by atoms with Gasteiger partial charge in [-0.05, 0) is 114 Å². The van der Waals surface area contributed by atoms with Crippen LogP contribution in [0.25, 0.3) is 10.9 Å². The Morgan fingerprint density at radius 1 is 0.480 bits per heavy atom. The Morgan fingerprint density at radius 2 is 0.951 bits per heavy atom. The minimum Gasteiger partial charge on any atom is -0.481 e. The standard InChI is InChI=1S/C68H106N18O16/c1-10-37(6)55(66(100)78-40(9)58(92)82-51(33-42-34-75-45-22-15-14-21-43(42)45)62(96)83-49(31-35(2)3)63(97)85-54(36(4)5)65(99)81-48(67(101)102)24-18-30-74-68(72)73)86-64(98)50(32-41-19-12-11-13-20-41)84-61(95)47(26-28-53(88)89)80-60(94)46(23-16-17-29-69)79-57(91)39(8)76-56(90)38(7)77-59(93)44(70)25-27-52(71)87/h11-15,19-22,34-40,44,46-51,54-55,75H,10,16-18,23-33,69-70H2,1-9H3,(H2,71,87)(H,76,90)(H,77,93)(H,78,100)(H,79,91)(H,80,94)(H,81,99)(H,82,92)(H,83,96)(H,84,95)(H,85,97)(H,86,98)(H,88,89)(H,101,102)(H4,72,73,74)/t37-,38-,39-,40-,44-,46-,47-,48-,49-,50-,51-,54-,55-/m0/s1. The maximum Gasteiger partial charge on any atom is 0.326 e. The van der Waals surface area contributed by atoms with Crippen LogP contribution in [0.4, 0.5) is 0 Å². The number of aromatic nitrogens is 1. The summed E-state index contributed by atoms with van der Waals surface area (Å²) in [5, 5.41) is 49.0. The monoisotopic (exact) mass is 1430 g/mol. The number of nitrogens with zero attached hydrogens (tertiary/aromatic N) is 1. The maximum atomic E-state index is 14.7. The third-order valence-corrected chi connectivity index (χ3v) is 16.7. The van der Waals surface area contributed by atoms with Crippen LogP contribution in [0.3, 0.4) is 0 Å². The van der Waals surface area contributed by atoms with Gasteiger partial charge in [-0.2, -0.15) is 0 Å². The van der Waals surface area contributed by atoms with Crippen LogP contribution in [-0.4, -0.2) is 190 Å². The molecular weight excluding hydrogens is 1320 g/mol. The van der Waals surface area contributed by atoms with Crippen LogP contribution in [0.5, 0.6) is 0 Å². The summed E-state index contributed by atoms with van der Waals surface area (Å²) in [6, 6.07) is -0.910. The van der Waals surface area contributed by atoms with Crippen LogP contribution >= 0.6 is 0 Å². The Kier molecular flexibility index (Phi) is 36.6. The van der Waals surface area contributed by atoms with Gasteiger partial charge in [0.25, 0.3) is 0 Å². The molecule has 564 valence electrons. The van der Waals surface area contributed by atoms with E-state index in [2.05, 4.69) is 68.5 Å². The summed E-state index contributed by atoms with van der Waals surface area (Å²) < 4.78 is 0. The summed E-state index contributed by atoms with van der Waals surface area (Å²) in [6.45, 7) is 14.5. The van der Waals surface area contributed by atoms with Gasteiger partial charge in [-0.3, -0.25) is 67.3 Å². The molecule has 0 saturated heterocycles. The first kappa shape index (κ1) is 86.0. The predicted octanol–water partition coefficient (Wildman–Crippen LogP) is -2.18. The minimum atomic E-state index is -1.66. The Balaban J connectivity index is 1.93. The van der Waals surface area contributed by atoms with Gasteiger partial charge in [-0.1, -0.05) is 96.5 Å². The fourth-order valence-electron chi connectivity index (χ4n) is 10.6. The molecule has 0 bridgehead atoms. The number of carboxylic acids is 2. The second kappa shape index (κ2) is 43.4. The number of H-pyrrole nitrogens is 1. The molecule has 2 aromatic carbocycles. The quantitative estimate of drug-likeness (QED) is 0.0162. The van der Waals surface area contributed by atoms with Crippen LogP contribution in [0, 0.1) is 17.8 Å². The van der Waals surface area contributed by atoms with E-state index < -0.39 is 180 Å². The van der Waals surface area contributed by atoms with Gasteiger partial charge in [-0.25, -0.2) is 4.79 Å². The number of aromatic amines is 1. The number of aliphatic carboxylic acids is 2. The van der Waals surface area contributed by atoms with Crippen LogP contribution in [-0.2, 0) is 80.0 Å². The van der Waals surface area contributed by atoms with Crippen LogP contribution in [0.1, 0.15) is 144 Å². The molecule has 3 aromatic rings. The van der Waals surface area contributed by atoms with Gasteiger partial charge < -0.3 is 102 Å². The van der Waals surface area contributed by atoms with Crippen molar-refractivity contribution in [2.75, 3.05) is 13.1 Å². The zero-order valence-corrected chi connectivity index (χ0v) is 59.5. The van der Waals surface area contributed by atoms with Crippen LogP contribution in [0.2, 0.25) is 0 Å². The van der Waals surface area contributed by atoms with E-state index in [1.165, 1.54) is 20.8 Å². The van der Waals surface area contributed by atoms with E-state index in [0.29, 0.717) is 28.5 Å². The summed E-state index contributed by atoms with van der Waals surface area (Å²) in [5.41, 5.74) is 29.3. The number of benzene rings is 2. The molecule has 24 N–H and O–H groups in total. The number of guanidine groups is 1. The van der Waals surface area contributed by atoms with Crippen LogP contribution in [0.15, 0.2) is 65.8 Å². The van der Waals surface area contributed by atoms with E-state index in [9.17, 15) is 77.3 Å². The third-order valence-electron chi connectivity index (χ3n) is 16.7. The van der Waals surface area contributed by atoms with Gasteiger partial charge >= 0.3 is 11.9 Å². The summed E-state index contributed by atoms with van der Waals surface area (Å²) in [6.07, 6.45) is 0.958. The van der Waals surface area contributed by atoms with Crippen molar-refractivity contribution in [2.45, 2.75) is 218 Å². The molecule has 13 atom stereocenters. The summed E-state index contributed by atoms with van der Waals surface area (Å²) in [7, 11) is 0. The average molecular weight is 1430 g/mol. The van der Waals surface area contributed by atoms with E-state index in [1.807, 2.05) is 0 Å². The van der Waals surface area contributed by atoms with Crippen molar-refractivity contribution in [1.82, 2.24) is 63.5 Å². The molecule has 3 rings (SSSR count). The molecule has 102 heavy (non-hydrogen) atoms. The number of primary amides is 1. The molecule has 34 nitrogen and oxygen atoms in total. The zero-order chi connectivity index (χ0) is 76.5. The van der Waals surface area contributed by atoms with Crippen molar-refractivity contribution in [3.8, 4) is 0 Å². The lowest BCUT2D eigenvalue weighted by Crippen LogP contribution is -2.61. The third kappa shape index (κ3) is 29.9. The number of carbonyl (C=O) groups is 14. The normalized spacial score (nSPS) is 15.0. The number of carboxylic acid groups (broad SMARTS) is 2. The Bertz CT molecular complexity index is 3380. The average Bonchev–Trinajstić information content (AvgIpc) is 1.62. The van der Waals surface area contributed by atoms with Gasteiger partial charge in [0, 0.05) is 49.3 Å². The zero-order valence-electron chi connectivity index (χ0n) is 59.5. The second-order valence-electron chi connectivity index (χ2n) is 26.2. The summed E-state index contributed by atoms with van der Waals surface area (Å²) in [5.74, 6) is -14.5. The van der Waals surface area contributed by atoms with Crippen molar-refractivity contribution in [2.24, 2.45) is 51.4 Å². The van der Waals surface area contributed by atoms with Crippen molar-refractivity contribution in [3.05, 3.63) is 71.9 Å². The van der Waals surface area contributed by atoms with E-state index in [1.54, 1.807) is 102 Å². The highest BCUT2D eigenvalue weighted by atomic mass is 16.4. The predicted molar refractivity (Wildman–Crippen MR) is 378 cm³/mol. The smallest absolute Gasteiger partial charge is 0.326 e. The number of rotatable bonds is 46. The number of para-hydroxylation sites is 1. The SMILES string of the molecule is CC[C@H](C)[C@H](NC(=O)[C@H](Cc1ccccc1)NC(=O)[C@H](CCC(=O)O)NC(=O)[C@H](CCCCN)NC(=O)[C@H](C)NC(=O)[C@H](C)NC(=O)[C@@H](N)CCC(N)=O)C(=O)N[C@@H](C)C(=O)N[C@@H](Cc1c[nH]c2ccccc12)C(=O)N[C@@H](CC(C)C)C(=O)N[C@H](C(=O)N[C@@H](CCCN=C(N)N)C(=O)O)C(C)C. The molecule has 0 aliphatic carbocycles. The molecule has 0 fully saturated rings. The van der Waals surface area contributed by atoms with Crippen molar-refractivity contribution < 1.29 is 77.3 Å². The van der Waals surface area contributed by atoms with Gasteiger partial charge in [0.2, 0.25) is 70.9 Å². The Morgan fingerprint density at radius 3 is 1.52 bits per heavy atom. The lowest BCUT2D eigenvalue weighted by molar-refractivity contribution is -0.143. The molecule has 1 aromatic heterocycles. The number of aliphatic imine (C=N–C) groups is 1. The number of fused-ring (bicyclic) bond motifs is 1. The highest BCUT2D eigenvalue weighted by Gasteiger charge is 2.38. The molecule has 0 radical (unpaired) electrons.